The molecule has 0 spiro atoms. The minimum absolute atomic E-state index is 0.0427. The number of thioether (sulfide) groups is 1. The Labute approximate surface area is 97.6 Å². The lowest BCUT2D eigenvalue weighted by Gasteiger charge is -2.42. The lowest BCUT2D eigenvalue weighted by molar-refractivity contribution is 0.144. The third-order valence-corrected chi connectivity index (χ3v) is 4.71. The van der Waals surface area contributed by atoms with Gasteiger partial charge in [-0.25, -0.2) is 0 Å². The van der Waals surface area contributed by atoms with E-state index in [9.17, 15) is 5.11 Å². The van der Waals surface area contributed by atoms with E-state index >= 15 is 0 Å². The van der Waals surface area contributed by atoms with E-state index in [4.69, 9.17) is 0 Å². The van der Waals surface area contributed by atoms with Gasteiger partial charge in [0.25, 0.3) is 0 Å². The summed E-state index contributed by atoms with van der Waals surface area (Å²) in [4.78, 5) is 2.17. The molecule has 3 nitrogen and oxygen atoms in total. The van der Waals surface area contributed by atoms with E-state index in [1.54, 1.807) is 0 Å². The van der Waals surface area contributed by atoms with Crippen molar-refractivity contribution in [1.82, 2.24) is 10.2 Å². The Bertz CT molecular complexity index is 189. The number of nitrogens with one attached hydrogen (secondary N) is 1. The maximum atomic E-state index is 9.59. The molecular weight excluding hydrogens is 208 g/mol. The highest BCUT2D eigenvalue weighted by Crippen LogP contribution is 2.33. The van der Waals surface area contributed by atoms with Crippen molar-refractivity contribution in [2.75, 3.05) is 39.5 Å². The largest absolute Gasteiger partial charge is 0.394 e. The summed E-state index contributed by atoms with van der Waals surface area (Å²) in [6.45, 7) is 4.47. The van der Waals surface area contributed by atoms with Gasteiger partial charge in [-0.3, -0.25) is 0 Å². The molecule has 0 aromatic heterocycles. The van der Waals surface area contributed by atoms with Gasteiger partial charge in [0.15, 0.2) is 0 Å². The van der Waals surface area contributed by atoms with Crippen molar-refractivity contribution < 1.29 is 5.11 Å². The molecule has 1 rings (SSSR count). The van der Waals surface area contributed by atoms with E-state index in [-0.39, 0.29) is 12.1 Å². The average Bonchev–Trinajstić information content (AvgIpc) is 2.21. The minimum Gasteiger partial charge on any atom is -0.394 e. The zero-order valence-electron chi connectivity index (χ0n) is 10.1. The number of hydrogen-bond donors (Lipinski definition) is 2. The van der Waals surface area contributed by atoms with Crippen molar-refractivity contribution in [1.29, 1.82) is 0 Å². The highest BCUT2D eigenvalue weighted by molar-refractivity contribution is 8.00. The van der Waals surface area contributed by atoms with Gasteiger partial charge in [-0.05, 0) is 32.7 Å². The lowest BCUT2D eigenvalue weighted by Crippen LogP contribution is -2.58. The highest BCUT2D eigenvalue weighted by atomic mass is 32.2. The summed E-state index contributed by atoms with van der Waals surface area (Å²) in [6, 6.07) is 0. The van der Waals surface area contributed by atoms with Crippen LogP contribution < -0.4 is 5.32 Å². The Balaban J connectivity index is 2.43. The summed E-state index contributed by atoms with van der Waals surface area (Å²) in [6.07, 6.45) is 2.32. The van der Waals surface area contributed by atoms with E-state index < -0.39 is 0 Å². The van der Waals surface area contributed by atoms with Crippen molar-refractivity contribution in [2.24, 2.45) is 0 Å². The van der Waals surface area contributed by atoms with Crippen LogP contribution in [0.4, 0.5) is 0 Å². The molecule has 0 amide bonds. The van der Waals surface area contributed by atoms with Crippen molar-refractivity contribution in [3.8, 4) is 0 Å². The Morgan fingerprint density at radius 1 is 1.53 bits per heavy atom. The molecule has 2 N–H and O–H groups in total. The van der Waals surface area contributed by atoms with Crippen LogP contribution in [0.25, 0.3) is 0 Å². The van der Waals surface area contributed by atoms with Gasteiger partial charge in [0, 0.05) is 18.3 Å². The van der Waals surface area contributed by atoms with Crippen LogP contribution in [0.3, 0.4) is 0 Å². The predicted molar refractivity (Wildman–Crippen MR) is 67.5 cm³/mol. The molecule has 4 heteroatoms. The number of aliphatic hydroxyl groups is 1. The van der Waals surface area contributed by atoms with Crippen molar-refractivity contribution >= 4 is 11.8 Å². The van der Waals surface area contributed by atoms with Crippen LogP contribution in [0.15, 0.2) is 0 Å². The molecule has 0 aromatic carbocycles. The van der Waals surface area contributed by atoms with E-state index in [0.717, 1.165) is 19.5 Å². The predicted octanol–water partition coefficient (Wildman–Crippen LogP) is 0.784. The maximum Gasteiger partial charge on any atom is 0.0624 e. The summed E-state index contributed by atoms with van der Waals surface area (Å²) >= 11 is 1.97. The molecule has 15 heavy (non-hydrogen) atoms. The third-order valence-electron chi connectivity index (χ3n) is 3.23. The molecule has 1 saturated heterocycles. The summed E-state index contributed by atoms with van der Waals surface area (Å²) in [5, 5.41) is 13.7. The number of likely N-dealkylation sites (N-methyl/N-ethyl adjacent to an activating group) is 1. The van der Waals surface area contributed by atoms with Gasteiger partial charge in [0.2, 0.25) is 0 Å². The molecule has 0 radical (unpaired) electrons. The second-order valence-electron chi connectivity index (χ2n) is 4.66. The van der Waals surface area contributed by atoms with Gasteiger partial charge in [0.1, 0.15) is 0 Å². The average molecular weight is 232 g/mol. The van der Waals surface area contributed by atoms with Crippen LogP contribution in [-0.4, -0.2) is 60.3 Å². The number of rotatable bonds is 5. The second-order valence-corrected chi connectivity index (χ2v) is 6.11. The summed E-state index contributed by atoms with van der Waals surface area (Å²) in [5.74, 6) is 1.23. The normalized spacial score (nSPS) is 32.2. The molecule has 1 fully saturated rings. The van der Waals surface area contributed by atoms with E-state index in [1.807, 2.05) is 11.8 Å². The molecule has 2 atom stereocenters. The third kappa shape index (κ3) is 3.63. The van der Waals surface area contributed by atoms with Crippen LogP contribution >= 0.6 is 11.8 Å². The molecule has 0 saturated carbocycles. The second kappa shape index (κ2) is 6.09. The zero-order chi connectivity index (χ0) is 11.3. The first-order chi connectivity index (χ1) is 7.10. The fourth-order valence-corrected chi connectivity index (χ4v) is 3.29. The Morgan fingerprint density at radius 3 is 2.80 bits per heavy atom. The van der Waals surface area contributed by atoms with Crippen LogP contribution in [0.2, 0.25) is 0 Å². The molecule has 0 aromatic rings. The van der Waals surface area contributed by atoms with Gasteiger partial charge in [-0.1, -0.05) is 6.92 Å². The molecule has 90 valence electrons. The summed E-state index contributed by atoms with van der Waals surface area (Å²) in [7, 11) is 4.15. The lowest BCUT2D eigenvalue weighted by atomic mass is 9.90. The quantitative estimate of drug-likeness (QED) is 0.734. The Hall–Kier alpha value is 0.230. The Kier molecular flexibility index (Phi) is 5.39. The molecule has 2 unspecified atom stereocenters. The van der Waals surface area contributed by atoms with E-state index in [0.29, 0.717) is 5.25 Å². The molecule has 1 aliphatic rings. The van der Waals surface area contributed by atoms with Crippen LogP contribution in [0.1, 0.15) is 19.8 Å². The van der Waals surface area contributed by atoms with E-state index in [1.165, 1.54) is 12.2 Å². The smallest absolute Gasteiger partial charge is 0.0624 e. The van der Waals surface area contributed by atoms with Crippen molar-refractivity contribution in [2.45, 2.75) is 30.6 Å². The summed E-state index contributed by atoms with van der Waals surface area (Å²) in [5.41, 5.74) is -0.0427. The monoisotopic (exact) mass is 232 g/mol. The number of aliphatic hydroxyl groups excluding tert-OH is 1. The molecule has 0 aliphatic carbocycles. The minimum atomic E-state index is -0.0427. The first-order valence-corrected chi connectivity index (χ1v) is 6.78. The molecule has 0 bridgehead atoms. The Morgan fingerprint density at radius 2 is 2.27 bits per heavy atom. The summed E-state index contributed by atoms with van der Waals surface area (Å²) < 4.78 is 0. The number of nitrogens with zero attached hydrogens (tertiary/aromatic N) is 1. The topological polar surface area (TPSA) is 35.5 Å². The first-order valence-electron chi connectivity index (χ1n) is 5.73. The zero-order valence-corrected chi connectivity index (χ0v) is 10.9. The molecular formula is C11H24N2OS. The fraction of sp³-hybridized carbons (Fsp3) is 1.00. The fourth-order valence-electron chi connectivity index (χ4n) is 2.03. The van der Waals surface area contributed by atoms with Crippen molar-refractivity contribution in [3.63, 3.8) is 0 Å². The maximum absolute atomic E-state index is 9.59. The van der Waals surface area contributed by atoms with Gasteiger partial charge in [0.05, 0.1) is 12.1 Å². The van der Waals surface area contributed by atoms with Crippen LogP contribution in [0, 0.1) is 0 Å². The SMILES string of the molecule is CC1SCCCC1(CO)NCCN(C)C. The van der Waals surface area contributed by atoms with Crippen LogP contribution in [-0.2, 0) is 0 Å². The van der Waals surface area contributed by atoms with Gasteiger partial charge in [-0.2, -0.15) is 11.8 Å². The van der Waals surface area contributed by atoms with Crippen LogP contribution in [0.5, 0.6) is 0 Å². The van der Waals surface area contributed by atoms with E-state index in [2.05, 4.69) is 31.2 Å². The highest BCUT2D eigenvalue weighted by Gasteiger charge is 2.37. The first kappa shape index (κ1) is 13.3. The standard InChI is InChI=1S/C11H24N2OS/c1-10-11(9-14,5-4-8-15-10)12-6-7-13(2)3/h10,12,14H,4-9H2,1-3H3. The van der Waals surface area contributed by atoms with Gasteiger partial charge >= 0.3 is 0 Å². The van der Waals surface area contributed by atoms with Crippen molar-refractivity contribution in [3.05, 3.63) is 0 Å². The molecule has 1 aliphatic heterocycles. The number of hydrogen-bond acceptors (Lipinski definition) is 4. The van der Waals surface area contributed by atoms with Gasteiger partial charge in [-0.15, -0.1) is 0 Å². The van der Waals surface area contributed by atoms with Gasteiger partial charge < -0.3 is 15.3 Å². The molecule has 1 heterocycles.